The zero-order valence-electron chi connectivity index (χ0n) is 20.2. The molecule has 9 heteroatoms. The molecule has 5 rings (SSSR count). The second kappa shape index (κ2) is 10.7. The Morgan fingerprint density at radius 3 is 2.50 bits per heavy atom. The summed E-state index contributed by atoms with van der Waals surface area (Å²) in [4.78, 5) is 27.4. The molecule has 1 aliphatic rings. The summed E-state index contributed by atoms with van der Waals surface area (Å²) in [7, 11) is 0. The Morgan fingerprint density at radius 1 is 1.00 bits per heavy atom. The molecule has 8 nitrogen and oxygen atoms in total. The van der Waals surface area contributed by atoms with Crippen molar-refractivity contribution < 1.29 is 23.9 Å². The van der Waals surface area contributed by atoms with Gasteiger partial charge in [-0.05, 0) is 71.3 Å². The van der Waals surface area contributed by atoms with Crippen molar-refractivity contribution in [3.63, 3.8) is 0 Å². The lowest BCUT2D eigenvalue weighted by molar-refractivity contribution is -0.384. The summed E-state index contributed by atoms with van der Waals surface area (Å²) in [5.41, 5.74) is 2.13. The molecule has 0 N–H and O–H groups in total. The number of nitro groups is 1. The number of hydrogen-bond acceptors (Lipinski definition) is 7. The van der Waals surface area contributed by atoms with Crippen LogP contribution in [0.4, 0.5) is 5.69 Å². The summed E-state index contributed by atoms with van der Waals surface area (Å²) < 4.78 is 17.1. The topological polar surface area (TPSA) is 100 Å². The minimum Gasteiger partial charge on any atom is -0.490 e. The summed E-state index contributed by atoms with van der Waals surface area (Å²) in [6.45, 7) is 2.31. The largest absolute Gasteiger partial charge is 0.490 e. The number of nitro benzene ring substituents is 1. The number of carbonyl (C=O) groups excluding carboxylic acids is 1. The number of cyclic esters (lactones) is 1. The lowest BCUT2D eigenvalue weighted by Gasteiger charge is -2.14. The Hall–Kier alpha value is -4.69. The van der Waals surface area contributed by atoms with E-state index in [9.17, 15) is 14.9 Å². The van der Waals surface area contributed by atoms with E-state index in [4.69, 9.17) is 25.8 Å². The smallest absolute Gasteiger partial charge is 0.363 e. The van der Waals surface area contributed by atoms with Gasteiger partial charge in [-0.2, -0.15) is 0 Å². The molecule has 1 aliphatic heterocycles. The third-order valence-corrected chi connectivity index (χ3v) is 6.06. The summed E-state index contributed by atoms with van der Waals surface area (Å²) in [5.74, 6) is 0.370. The van der Waals surface area contributed by atoms with Crippen LogP contribution >= 0.6 is 11.6 Å². The quantitative estimate of drug-likeness (QED) is 0.109. The monoisotopic (exact) mass is 528 g/mol. The molecule has 0 atom stereocenters. The number of fused-ring (bicyclic) bond motifs is 1. The first-order chi connectivity index (χ1) is 18.4. The third kappa shape index (κ3) is 5.35. The average Bonchev–Trinajstić information content (AvgIpc) is 3.28. The number of rotatable bonds is 8. The van der Waals surface area contributed by atoms with Crippen molar-refractivity contribution in [2.45, 2.75) is 13.5 Å². The standard InChI is InChI=1S/C29H21ClN2O6/c1-2-36-26-15-19(13-24(30)27(26)37-17-18-7-11-23(12-8-18)32(34)35)14-25-29(33)38-28(31-25)22-10-9-20-5-3-4-6-21(20)16-22/h3-16H,2,17H2,1H3/b25-14-. The fraction of sp³-hybridized carbons (Fsp3) is 0.103. The highest BCUT2D eigenvalue weighted by Crippen LogP contribution is 2.38. The Kier molecular flexibility index (Phi) is 7.06. The zero-order chi connectivity index (χ0) is 26.6. The molecule has 0 saturated heterocycles. The molecule has 0 unspecified atom stereocenters. The minimum atomic E-state index is -0.569. The number of benzene rings is 4. The molecule has 0 bridgehead atoms. The van der Waals surface area contributed by atoms with Gasteiger partial charge in [-0.1, -0.05) is 41.9 Å². The van der Waals surface area contributed by atoms with Gasteiger partial charge < -0.3 is 14.2 Å². The maximum absolute atomic E-state index is 12.6. The summed E-state index contributed by atoms with van der Waals surface area (Å²) >= 11 is 6.53. The molecule has 4 aromatic carbocycles. The van der Waals surface area contributed by atoms with E-state index in [-0.39, 0.29) is 28.9 Å². The van der Waals surface area contributed by atoms with Crippen molar-refractivity contribution in [1.82, 2.24) is 0 Å². The van der Waals surface area contributed by atoms with Gasteiger partial charge in [0.25, 0.3) is 5.69 Å². The van der Waals surface area contributed by atoms with Crippen molar-refractivity contribution in [2.24, 2.45) is 4.99 Å². The van der Waals surface area contributed by atoms with Crippen molar-refractivity contribution in [2.75, 3.05) is 6.61 Å². The number of nitrogens with zero attached hydrogens (tertiary/aromatic N) is 2. The van der Waals surface area contributed by atoms with Crippen LogP contribution in [-0.2, 0) is 16.1 Å². The van der Waals surface area contributed by atoms with Gasteiger partial charge in [-0.25, -0.2) is 9.79 Å². The lowest BCUT2D eigenvalue weighted by Crippen LogP contribution is -2.05. The van der Waals surface area contributed by atoms with Gasteiger partial charge in [0.15, 0.2) is 17.2 Å². The maximum Gasteiger partial charge on any atom is 0.363 e. The normalized spacial score (nSPS) is 13.9. The van der Waals surface area contributed by atoms with Gasteiger partial charge in [0.05, 0.1) is 16.6 Å². The first kappa shape index (κ1) is 25.0. The van der Waals surface area contributed by atoms with Crippen LogP contribution in [0.5, 0.6) is 11.5 Å². The Bertz CT molecular complexity index is 1610. The van der Waals surface area contributed by atoms with E-state index in [0.29, 0.717) is 29.2 Å². The molecular weight excluding hydrogens is 508 g/mol. The minimum absolute atomic E-state index is 0.00366. The maximum atomic E-state index is 12.6. The van der Waals surface area contributed by atoms with E-state index in [2.05, 4.69) is 4.99 Å². The lowest BCUT2D eigenvalue weighted by atomic mass is 10.1. The highest BCUT2D eigenvalue weighted by molar-refractivity contribution is 6.32. The number of carbonyl (C=O) groups is 1. The number of ether oxygens (including phenoxy) is 3. The summed E-state index contributed by atoms with van der Waals surface area (Å²) in [6.07, 6.45) is 1.57. The molecule has 190 valence electrons. The van der Waals surface area contributed by atoms with Gasteiger partial charge in [0.1, 0.15) is 6.61 Å². The number of halogens is 1. The van der Waals surface area contributed by atoms with Crippen LogP contribution in [0.3, 0.4) is 0 Å². The molecule has 0 saturated carbocycles. The summed E-state index contributed by atoms with van der Waals surface area (Å²) in [6, 6.07) is 23.0. The number of aliphatic imine (C=N–C) groups is 1. The van der Waals surface area contributed by atoms with E-state index >= 15 is 0 Å². The van der Waals surface area contributed by atoms with E-state index < -0.39 is 10.9 Å². The molecule has 4 aromatic rings. The fourth-order valence-electron chi connectivity index (χ4n) is 3.96. The molecular formula is C29H21ClN2O6. The number of non-ortho nitro benzene ring substituents is 1. The highest BCUT2D eigenvalue weighted by Gasteiger charge is 2.25. The molecule has 0 aliphatic carbocycles. The Morgan fingerprint density at radius 2 is 1.76 bits per heavy atom. The molecule has 0 spiro atoms. The molecule has 0 amide bonds. The highest BCUT2D eigenvalue weighted by atomic mass is 35.5. The predicted octanol–water partition coefficient (Wildman–Crippen LogP) is 6.72. The third-order valence-electron chi connectivity index (χ3n) is 5.78. The Labute approximate surface area is 222 Å². The van der Waals surface area contributed by atoms with E-state index in [1.807, 2.05) is 49.4 Å². The Balaban J connectivity index is 1.39. The molecule has 0 radical (unpaired) electrons. The van der Waals surface area contributed by atoms with Gasteiger partial charge in [-0.15, -0.1) is 0 Å². The van der Waals surface area contributed by atoms with E-state index in [0.717, 1.165) is 16.3 Å². The van der Waals surface area contributed by atoms with Gasteiger partial charge >= 0.3 is 5.97 Å². The van der Waals surface area contributed by atoms with Crippen LogP contribution in [0.15, 0.2) is 89.6 Å². The van der Waals surface area contributed by atoms with Crippen LogP contribution in [0.25, 0.3) is 16.8 Å². The molecule has 0 aromatic heterocycles. The second-order valence-electron chi connectivity index (χ2n) is 8.37. The van der Waals surface area contributed by atoms with E-state index in [1.165, 1.54) is 12.1 Å². The van der Waals surface area contributed by atoms with Crippen molar-refractivity contribution in [1.29, 1.82) is 0 Å². The average molecular weight is 529 g/mol. The first-order valence-electron chi connectivity index (χ1n) is 11.8. The van der Waals surface area contributed by atoms with Crippen LogP contribution < -0.4 is 9.47 Å². The molecule has 38 heavy (non-hydrogen) atoms. The van der Waals surface area contributed by atoms with Crippen molar-refractivity contribution >= 4 is 46.0 Å². The van der Waals surface area contributed by atoms with Crippen LogP contribution in [0, 0.1) is 10.1 Å². The van der Waals surface area contributed by atoms with Gasteiger partial charge in [-0.3, -0.25) is 10.1 Å². The van der Waals surface area contributed by atoms with Crippen molar-refractivity contribution in [3.05, 3.63) is 116 Å². The molecule has 0 fully saturated rings. The first-order valence-corrected chi connectivity index (χ1v) is 12.1. The predicted molar refractivity (Wildman–Crippen MR) is 145 cm³/mol. The van der Waals surface area contributed by atoms with Crippen molar-refractivity contribution in [3.8, 4) is 11.5 Å². The fourth-order valence-corrected chi connectivity index (χ4v) is 4.23. The second-order valence-corrected chi connectivity index (χ2v) is 8.78. The van der Waals surface area contributed by atoms with E-state index in [1.54, 1.807) is 30.3 Å². The number of hydrogen-bond donors (Lipinski definition) is 0. The summed E-state index contributed by atoms with van der Waals surface area (Å²) in [5, 5.41) is 13.2. The van der Waals surface area contributed by atoms with Crippen LogP contribution in [-0.4, -0.2) is 23.4 Å². The SMILES string of the molecule is CCOc1cc(/C=C2\N=C(c3ccc4ccccc4c3)OC2=O)cc(Cl)c1OCc1ccc([N+](=O)[O-])cc1. The van der Waals surface area contributed by atoms with Gasteiger partial charge in [0.2, 0.25) is 5.90 Å². The van der Waals surface area contributed by atoms with Gasteiger partial charge in [0, 0.05) is 17.7 Å². The number of esters is 1. The van der Waals surface area contributed by atoms with Crippen LogP contribution in [0.2, 0.25) is 5.02 Å². The van der Waals surface area contributed by atoms with Crippen LogP contribution in [0.1, 0.15) is 23.6 Å². The zero-order valence-corrected chi connectivity index (χ0v) is 21.0. The molecule has 1 heterocycles.